The van der Waals surface area contributed by atoms with Gasteiger partial charge < -0.3 is 5.73 Å². The highest BCUT2D eigenvalue weighted by molar-refractivity contribution is 5.07. The second-order valence-corrected chi connectivity index (χ2v) is 7.14. The van der Waals surface area contributed by atoms with Gasteiger partial charge in [-0.1, -0.05) is 39.0 Å². The van der Waals surface area contributed by atoms with E-state index in [4.69, 9.17) is 10.8 Å². The van der Waals surface area contributed by atoms with Crippen LogP contribution in [-0.2, 0) is 6.42 Å². The molecule has 0 aliphatic heterocycles. The van der Waals surface area contributed by atoms with Gasteiger partial charge in [-0.15, -0.1) is 0 Å². The van der Waals surface area contributed by atoms with E-state index in [1.165, 1.54) is 63.5 Å². The van der Waals surface area contributed by atoms with Crippen molar-refractivity contribution in [2.45, 2.75) is 82.7 Å². The molecule has 3 rings (SSSR count). The number of hydrogen-bond acceptors (Lipinski definition) is 2. The van der Waals surface area contributed by atoms with Crippen LogP contribution in [0.1, 0.15) is 76.4 Å². The molecule has 2 aliphatic rings. The van der Waals surface area contributed by atoms with Gasteiger partial charge in [0.15, 0.2) is 0 Å². The van der Waals surface area contributed by atoms with Crippen molar-refractivity contribution in [2.24, 2.45) is 11.7 Å². The number of rotatable bonds is 4. The Labute approximate surface area is 122 Å². The van der Waals surface area contributed by atoms with Crippen LogP contribution in [0.3, 0.4) is 0 Å². The van der Waals surface area contributed by atoms with Crippen molar-refractivity contribution in [3.8, 4) is 0 Å². The van der Waals surface area contributed by atoms with Crippen LogP contribution in [0.15, 0.2) is 12.3 Å². The standard InChI is InChI=1S/C17H29N3/c1-2-14-6-5-10-17(18,12-14)13-15-9-11-20(19-15)16-7-3-4-8-16/h9,11,14,16H,2-8,10,12-13,18H2,1H3. The van der Waals surface area contributed by atoms with Gasteiger partial charge in [-0.05, 0) is 37.7 Å². The summed E-state index contributed by atoms with van der Waals surface area (Å²) >= 11 is 0. The molecule has 2 fully saturated rings. The molecule has 0 saturated heterocycles. The molecule has 0 amide bonds. The lowest BCUT2D eigenvalue weighted by atomic mass is 9.73. The van der Waals surface area contributed by atoms with Crippen molar-refractivity contribution in [2.75, 3.05) is 0 Å². The first-order valence-corrected chi connectivity index (χ1v) is 8.51. The Morgan fingerprint density at radius 1 is 1.30 bits per heavy atom. The minimum absolute atomic E-state index is 0.00616. The molecule has 2 atom stereocenters. The lowest BCUT2D eigenvalue weighted by Gasteiger charge is -2.37. The average molecular weight is 275 g/mol. The third kappa shape index (κ3) is 3.08. The Kier molecular flexibility index (Phi) is 4.16. The van der Waals surface area contributed by atoms with E-state index in [2.05, 4.69) is 23.9 Å². The summed E-state index contributed by atoms with van der Waals surface area (Å²) in [6.07, 6.45) is 14.7. The Hall–Kier alpha value is -0.830. The molecular formula is C17H29N3. The van der Waals surface area contributed by atoms with Crippen LogP contribution >= 0.6 is 0 Å². The minimum atomic E-state index is -0.00616. The summed E-state index contributed by atoms with van der Waals surface area (Å²) < 4.78 is 2.20. The van der Waals surface area contributed by atoms with E-state index < -0.39 is 0 Å². The van der Waals surface area contributed by atoms with Gasteiger partial charge in [0.2, 0.25) is 0 Å². The maximum Gasteiger partial charge on any atom is 0.0643 e. The predicted molar refractivity (Wildman–Crippen MR) is 82.6 cm³/mol. The minimum Gasteiger partial charge on any atom is -0.325 e. The molecule has 2 N–H and O–H groups in total. The molecule has 1 heterocycles. The molecule has 2 aliphatic carbocycles. The van der Waals surface area contributed by atoms with Crippen LogP contribution in [-0.4, -0.2) is 15.3 Å². The summed E-state index contributed by atoms with van der Waals surface area (Å²) in [6, 6.07) is 2.84. The number of hydrogen-bond donors (Lipinski definition) is 1. The largest absolute Gasteiger partial charge is 0.325 e. The fourth-order valence-corrected chi connectivity index (χ4v) is 4.24. The van der Waals surface area contributed by atoms with Gasteiger partial charge in [-0.3, -0.25) is 4.68 Å². The van der Waals surface area contributed by atoms with Crippen molar-refractivity contribution < 1.29 is 0 Å². The highest BCUT2D eigenvalue weighted by Crippen LogP contribution is 2.35. The predicted octanol–water partition coefficient (Wildman–Crippen LogP) is 3.84. The summed E-state index contributed by atoms with van der Waals surface area (Å²) in [7, 11) is 0. The Morgan fingerprint density at radius 3 is 2.85 bits per heavy atom. The summed E-state index contributed by atoms with van der Waals surface area (Å²) in [5.74, 6) is 0.825. The molecule has 2 unspecified atom stereocenters. The van der Waals surface area contributed by atoms with Crippen LogP contribution < -0.4 is 5.73 Å². The third-order valence-corrected chi connectivity index (χ3v) is 5.46. The van der Waals surface area contributed by atoms with Gasteiger partial charge >= 0.3 is 0 Å². The summed E-state index contributed by atoms with van der Waals surface area (Å²) in [5, 5.41) is 4.82. The molecule has 0 spiro atoms. The third-order valence-electron chi connectivity index (χ3n) is 5.46. The zero-order chi connectivity index (χ0) is 14.0. The number of aromatic nitrogens is 2. The zero-order valence-electron chi connectivity index (χ0n) is 12.9. The van der Waals surface area contributed by atoms with Gasteiger partial charge in [-0.25, -0.2) is 0 Å². The monoisotopic (exact) mass is 275 g/mol. The highest BCUT2D eigenvalue weighted by Gasteiger charge is 2.33. The molecule has 112 valence electrons. The van der Waals surface area contributed by atoms with E-state index in [0.29, 0.717) is 6.04 Å². The van der Waals surface area contributed by atoms with Crippen molar-refractivity contribution in [1.82, 2.24) is 9.78 Å². The van der Waals surface area contributed by atoms with Crippen molar-refractivity contribution in [1.29, 1.82) is 0 Å². The Balaban J connectivity index is 1.64. The molecule has 2 saturated carbocycles. The van der Waals surface area contributed by atoms with Gasteiger partial charge in [0.1, 0.15) is 0 Å². The number of nitrogens with zero attached hydrogens (tertiary/aromatic N) is 2. The van der Waals surface area contributed by atoms with E-state index in [9.17, 15) is 0 Å². The smallest absolute Gasteiger partial charge is 0.0643 e. The maximum atomic E-state index is 6.67. The van der Waals surface area contributed by atoms with Crippen LogP contribution in [0.25, 0.3) is 0 Å². The van der Waals surface area contributed by atoms with Gasteiger partial charge in [0.05, 0.1) is 11.7 Å². The van der Waals surface area contributed by atoms with Crippen molar-refractivity contribution in [3.05, 3.63) is 18.0 Å². The molecular weight excluding hydrogens is 246 g/mol. The van der Waals surface area contributed by atoms with E-state index in [1.54, 1.807) is 0 Å². The molecule has 1 aromatic heterocycles. The first-order chi connectivity index (χ1) is 9.68. The topological polar surface area (TPSA) is 43.8 Å². The average Bonchev–Trinajstić information content (AvgIpc) is 3.08. The normalized spacial score (nSPS) is 31.8. The van der Waals surface area contributed by atoms with E-state index in [-0.39, 0.29) is 5.54 Å². The van der Waals surface area contributed by atoms with E-state index in [0.717, 1.165) is 12.3 Å². The second-order valence-electron chi connectivity index (χ2n) is 7.14. The maximum absolute atomic E-state index is 6.67. The highest BCUT2D eigenvalue weighted by atomic mass is 15.3. The van der Waals surface area contributed by atoms with E-state index >= 15 is 0 Å². The fraction of sp³-hybridized carbons (Fsp3) is 0.824. The Morgan fingerprint density at radius 2 is 2.10 bits per heavy atom. The van der Waals surface area contributed by atoms with Crippen LogP contribution in [0.4, 0.5) is 0 Å². The quantitative estimate of drug-likeness (QED) is 0.907. The molecule has 0 aromatic carbocycles. The van der Waals surface area contributed by atoms with Crippen LogP contribution in [0.2, 0.25) is 0 Å². The Bertz CT molecular complexity index is 433. The molecule has 3 heteroatoms. The van der Waals surface area contributed by atoms with Gasteiger partial charge in [-0.2, -0.15) is 5.10 Å². The van der Waals surface area contributed by atoms with Gasteiger partial charge in [0, 0.05) is 18.2 Å². The molecule has 3 nitrogen and oxygen atoms in total. The molecule has 0 radical (unpaired) electrons. The first kappa shape index (κ1) is 14.1. The second kappa shape index (κ2) is 5.88. The lowest BCUT2D eigenvalue weighted by Crippen LogP contribution is -2.46. The van der Waals surface area contributed by atoms with Crippen LogP contribution in [0, 0.1) is 5.92 Å². The SMILES string of the molecule is CCC1CCCC(N)(Cc2ccn(C3CCCC3)n2)C1. The van der Waals surface area contributed by atoms with Crippen molar-refractivity contribution >= 4 is 0 Å². The van der Waals surface area contributed by atoms with Crippen molar-refractivity contribution in [3.63, 3.8) is 0 Å². The molecule has 20 heavy (non-hydrogen) atoms. The number of nitrogens with two attached hydrogens (primary N) is 1. The lowest BCUT2D eigenvalue weighted by molar-refractivity contribution is 0.216. The van der Waals surface area contributed by atoms with Gasteiger partial charge in [0.25, 0.3) is 0 Å². The first-order valence-electron chi connectivity index (χ1n) is 8.51. The molecule has 0 bridgehead atoms. The fourth-order valence-electron chi connectivity index (χ4n) is 4.24. The molecule has 1 aromatic rings. The summed E-state index contributed by atoms with van der Waals surface area (Å²) in [6.45, 7) is 2.30. The van der Waals surface area contributed by atoms with Crippen LogP contribution in [0.5, 0.6) is 0 Å². The summed E-state index contributed by atoms with van der Waals surface area (Å²) in [5.41, 5.74) is 7.87. The zero-order valence-corrected chi connectivity index (χ0v) is 12.9. The van der Waals surface area contributed by atoms with E-state index in [1.807, 2.05) is 0 Å². The summed E-state index contributed by atoms with van der Waals surface area (Å²) in [4.78, 5) is 0.